The van der Waals surface area contributed by atoms with Crippen molar-refractivity contribution in [2.45, 2.75) is 45.8 Å². The second-order valence-electron chi connectivity index (χ2n) is 6.68. The SMILES string of the molecule is Cc1ccc(CNC(=O)C2CC(c3ccc(C)c(C)c3)NN2)cc1. The van der Waals surface area contributed by atoms with Crippen LogP contribution in [0, 0.1) is 20.8 Å². The first kappa shape index (κ1) is 16.7. The van der Waals surface area contributed by atoms with Crippen molar-refractivity contribution in [2.24, 2.45) is 0 Å². The standard InChI is InChI=1S/C20H25N3O/c1-13-4-7-16(8-5-13)12-21-20(24)19-11-18(22-23-19)17-9-6-14(2)15(3)10-17/h4-10,18-19,22-23H,11-12H2,1-3H3,(H,21,24). The molecule has 2 aromatic carbocycles. The third-order valence-corrected chi connectivity index (χ3v) is 4.74. The van der Waals surface area contributed by atoms with Gasteiger partial charge in [-0.15, -0.1) is 0 Å². The van der Waals surface area contributed by atoms with Crippen molar-refractivity contribution in [1.82, 2.24) is 16.2 Å². The maximum Gasteiger partial charge on any atom is 0.238 e. The highest BCUT2D eigenvalue weighted by atomic mass is 16.2. The highest BCUT2D eigenvalue weighted by Crippen LogP contribution is 2.24. The van der Waals surface area contributed by atoms with E-state index in [0.717, 1.165) is 12.0 Å². The number of nitrogens with one attached hydrogen (secondary N) is 3. The van der Waals surface area contributed by atoms with E-state index in [9.17, 15) is 4.79 Å². The summed E-state index contributed by atoms with van der Waals surface area (Å²) in [5.74, 6) is 0.0365. The summed E-state index contributed by atoms with van der Waals surface area (Å²) in [7, 11) is 0. The van der Waals surface area contributed by atoms with E-state index in [1.807, 2.05) is 12.1 Å². The molecule has 2 aromatic rings. The molecule has 4 heteroatoms. The molecule has 126 valence electrons. The molecule has 1 fully saturated rings. The van der Waals surface area contributed by atoms with Crippen LogP contribution in [0.2, 0.25) is 0 Å². The van der Waals surface area contributed by atoms with E-state index in [1.54, 1.807) is 0 Å². The molecular weight excluding hydrogens is 298 g/mol. The average molecular weight is 323 g/mol. The molecule has 3 rings (SSSR count). The van der Waals surface area contributed by atoms with Crippen LogP contribution >= 0.6 is 0 Å². The van der Waals surface area contributed by atoms with Gasteiger partial charge in [-0.1, -0.05) is 48.0 Å². The third-order valence-electron chi connectivity index (χ3n) is 4.74. The fraction of sp³-hybridized carbons (Fsp3) is 0.350. The Morgan fingerprint density at radius 1 is 1.04 bits per heavy atom. The van der Waals surface area contributed by atoms with Crippen LogP contribution in [-0.2, 0) is 11.3 Å². The number of benzene rings is 2. The van der Waals surface area contributed by atoms with Gasteiger partial charge in [0.15, 0.2) is 0 Å². The predicted octanol–water partition coefficient (Wildman–Crippen LogP) is 2.84. The molecule has 1 aliphatic heterocycles. The molecule has 1 saturated heterocycles. The number of aryl methyl sites for hydroxylation is 3. The Morgan fingerprint density at radius 3 is 2.50 bits per heavy atom. The molecule has 0 bridgehead atoms. The van der Waals surface area contributed by atoms with E-state index in [-0.39, 0.29) is 18.0 Å². The summed E-state index contributed by atoms with van der Waals surface area (Å²) in [6.07, 6.45) is 0.752. The lowest BCUT2D eigenvalue weighted by atomic mass is 9.98. The van der Waals surface area contributed by atoms with Crippen LogP contribution in [0.25, 0.3) is 0 Å². The number of hydrazine groups is 1. The number of carbonyl (C=O) groups excluding carboxylic acids is 1. The largest absolute Gasteiger partial charge is 0.351 e. The minimum Gasteiger partial charge on any atom is -0.351 e. The minimum absolute atomic E-state index is 0.0365. The first-order chi connectivity index (χ1) is 11.5. The van der Waals surface area contributed by atoms with E-state index in [1.165, 1.54) is 22.3 Å². The van der Waals surface area contributed by atoms with Crippen LogP contribution in [0.15, 0.2) is 42.5 Å². The fourth-order valence-corrected chi connectivity index (χ4v) is 2.95. The van der Waals surface area contributed by atoms with E-state index in [2.05, 4.69) is 67.3 Å². The zero-order valence-electron chi connectivity index (χ0n) is 14.5. The molecule has 2 unspecified atom stereocenters. The molecule has 24 heavy (non-hydrogen) atoms. The summed E-state index contributed by atoms with van der Waals surface area (Å²) >= 11 is 0. The van der Waals surface area contributed by atoms with Gasteiger partial charge in [-0.25, -0.2) is 10.9 Å². The Bertz CT molecular complexity index is 724. The molecule has 0 radical (unpaired) electrons. The lowest BCUT2D eigenvalue weighted by molar-refractivity contribution is -0.123. The van der Waals surface area contributed by atoms with Crippen molar-refractivity contribution in [3.63, 3.8) is 0 Å². The molecule has 1 heterocycles. The van der Waals surface area contributed by atoms with Crippen LogP contribution in [0.3, 0.4) is 0 Å². The van der Waals surface area contributed by atoms with Gasteiger partial charge in [0.2, 0.25) is 5.91 Å². The summed E-state index contributed by atoms with van der Waals surface area (Å²) in [5.41, 5.74) is 12.5. The monoisotopic (exact) mass is 323 g/mol. The average Bonchev–Trinajstić information content (AvgIpc) is 3.07. The predicted molar refractivity (Wildman–Crippen MR) is 96.4 cm³/mol. The lowest BCUT2D eigenvalue weighted by Crippen LogP contribution is -2.42. The quantitative estimate of drug-likeness (QED) is 0.811. The molecule has 4 nitrogen and oxygen atoms in total. The molecule has 0 aliphatic carbocycles. The van der Waals surface area contributed by atoms with Gasteiger partial charge in [-0.3, -0.25) is 4.79 Å². The zero-order chi connectivity index (χ0) is 17.1. The van der Waals surface area contributed by atoms with Crippen molar-refractivity contribution >= 4 is 5.91 Å². The van der Waals surface area contributed by atoms with E-state index in [4.69, 9.17) is 0 Å². The third kappa shape index (κ3) is 3.83. The summed E-state index contributed by atoms with van der Waals surface area (Å²) in [4.78, 5) is 12.4. The number of hydrogen-bond donors (Lipinski definition) is 3. The smallest absolute Gasteiger partial charge is 0.238 e. The molecule has 0 aromatic heterocycles. The number of hydrogen-bond acceptors (Lipinski definition) is 3. The van der Waals surface area contributed by atoms with Gasteiger partial charge in [-0.2, -0.15) is 0 Å². The van der Waals surface area contributed by atoms with Crippen LogP contribution < -0.4 is 16.2 Å². The Labute approximate surface area is 143 Å². The fourth-order valence-electron chi connectivity index (χ4n) is 2.95. The maximum absolute atomic E-state index is 12.4. The summed E-state index contributed by atoms with van der Waals surface area (Å²) in [5, 5.41) is 3.01. The number of carbonyl (C=O) groups is 1. The molecule has 1 aliphatic rings. The van der Waals surface area contributed by atoms with Crippen molar-refractivity contribution in [2.75, 3.05) is 0 Å². The van der Waals surface area contributed by atoms with Crippen LogP contribution in [0.4, 0.5) is 0 Å². The lowest BCUT2D eigenvalue weighted by Gasteiger charge is -2.12. The normalized spacial score (nSPS) is 20.1. The summed E-state index contributed by atoms with van der Waals surface area (Å²) in [6, 6.07) is 14.6. The van der Waals surface area contributed by atoms with Crippen LogP contribution in [0.1, 0.15) is 40.3 Å². The Kier molecular flexibility index (Phi) is 4.97. The van der Waals surface area contributed by atoms with Gasteiger partial charge >= 0.3 is 0 Å². The topological polar surface area (TPSA) is 53.2 Å². The van der Waals surface area contributed by atoms with Crippen LogP contribution in [-0.4, -0.2) is 11.9 Å². The number of amides is 1. The molecule has 3 N–H and O–H groups in total. The summed E-state index contributed by atoms with van der Waals surface area (Å²) in [6.45, 7) is 6.85. The van der Waals surface area contributed by atoms with Gasteiger partial charge in [0, 0.05) is 12.6 Å². The van der Waals surface area contributed by atoms with Gasteiger partial charge in [0.25, 0.3) is 0 Å². The highest BCUT2D eigenvalue weighted by Gasteiger charge is 2.29. The van der Waals surface area contributed by atoms with E-state index < -0.39 is 0 Å². The second kappa shape index (κ2) is 7.16. The Balaban J connectivity index is 1.55. The minimum atomic E-state index is -0.206. The molecule has 1 amide bonds. The molecule has 2 atom stereocenters. The summed E-state index contributed by atoms with van der Waals surface area (Å²) < 4.78 is 0. The van der Waals surface area contributed by atoms with Crippen molar-refractivity contribution < 1.29 is 4.79 Å². The van der Waals surface area contributed by atoms with Gasteiger partial charge in [0.05, 0.1) is 0 Å². The Morgan fingerprint density at radius 2 is 1.79 bits per heavy atom. The van der Waals surface area contributed by atoms with Crippen molar-refractivity contribution in [1.29, 1.82) is 0 Å². The van der Waals surface area contributed by atoms with Crippen molar-refractivity contribution in [3.8, 4) is 0 Å². The van der Waals surface area contributed by atoms with E-state index >= 15 is 0 Å². The maximum atomic E-state index is 12.4. The van der Waals surface area contributed by atoms with E-state index in [0.29, 0.717) is 6.54 Å². The zero-order valence-corrected chi connectivity index (χ0v) is 14.5. The molecule has 0 spiro atoms. The second-order valence-corrected chi connectivity index (χ2v) is 6.68. The first-order valence-corrected chi connectivity index (χ1v) is 8.44. The van der Waals surface area contributed by atoms with Gasteiger partial charge in [0.1, 0.15) is 6.04 Å². The molecule has 0 saturated carbocycles. The molecular formula is C20H25N3O. The van der Waals surface area contributed by atoms with Gasteiger partial charge < -0.3 is 5.32 Å². The Hall–Kier alpha value is -2.17. The van der Waals surface area contributed by atoms with Gasteiger partial charge in [-0.05, 0) is 49.4 Å². The number of rotatable bonds is 4. The van der Waals surface area contributed by atoms with Crippen LogP contribution in [0.5, 0.6) is 0 Å². The highest BCUT2D eigenvalue weighted by molar-refractivity contribution is 5.82. The van der Waals surface area contributed by atoms with Crippen molar-refractivity contribution in [3.05, 3.63) is 70.3 Å². The first-order valence-electron chi connectivity index (χ1n) is 8.44.